The molecule has 0 aliphatic carbocycles. The molecule has 0 fully saturated rings. The Kier molecular flexibility index (Phi) is 7.94. The molecule has 2 aromatic carbocycles. The predicted molar refractivity (Wildman–Crippen MR) is 108 cm³/mol. The maximum atomic E-state index is 12.0. The predicted octanol–water partition coefficient (Wildman–Crippen LogP) is 3.08. The van der Waals surface area contributed by atoms with E-state index in [2.05, 4.69) is 5.32 Å². The number of rotatable bonds is 10. The van der Waals surface area contributed by atoms with Gasteiger partial charge in [-0.15, -0.1) is 0 Å². The summed E-state index contributed by atoms with van der Waals surface area (Å²) in [6.07, 6.45) is 1.75. The van der Waals surface area contributed by atoms with E-state index in [1.165, 1.54) is 4.31 Å². The standard InChI is InChI=1S/C19H23ClN2O4S/c1-27(24,25)22(17-8-5-7-16(20)15-17)13-6-11-19(23)21-12-14-26-18-9-3-2-4-10-18/h2-5,7-10,15H,6,11-14H2,1H3,(H,21,23). The minimum absolute atomic E-state index is 0.147. The van der Waals surface area contributed by atoms with E-state index >= 15 is 0 Å². The van der Waals surface area contributed by atoms with Crippen LogP contribution in [0.5, 0.6) is 5.75 Å². The Bertz CT molecular complexity index is 844. The Morgan fingerprint density at radius 2 is 1.89 bits per heavy atom. The second-order valence-corrected chi connectivity index (χ2v) is 8.27. The highest BCUT2D eigenvalue weighted by Gasteiger charge is 2.17. The molecule has 0 saturated heterocycles. The van der Waals surface area contributed by atoms with Gasteiger partial charge in [0.2, 0.25) is 15.9 Å². The van der Waals surface area contributed by atoms with Crippen LogP contribution in [-0.2, 0) is 14.8 Å². The van der Waals surface area contributed by atoms with E-state index in [9.17, 15) is 13.2 Å². The summed E-state index contributed by atoms with van der Waals surface area (Å²) in [5, 5.41) is 3.22. The molecule has 8 heteroatoms. The Morgan fingerprint density at radius 1 is 1.15 bits per heavy atom. The van der Waals surface area contributed by atoms with E-state index in [4.69, 9.17) is 16.3 Å². The van der Waals surface area contributed by atoms with E-state index in [1.54, 1.807) is 24.3 Å². The van der Waals surface area contributed by atoms with Gasteiger partial charge in [-0.2, -0.15) is 0 Å². The highest BCUT2D eigenvalue weighted by atomic mass is 35.5. The van der Waals surface area contributed by atoms with Gasteiger partial charge in [0.25, 0.3) is 0 Å². The summed E-state index contributed by atoms with van der Waals surface area (Å²) in [5.41, 5.74) is 0.488. The lowest BCUT2D eigenvalue weighted by atomic mass is 10.2. The number of benzene rings is 2. The number of nitrogens with one attached hydrogen (secondary N) is 1. The van der Waals surface area contributed by atoms with Crippen LogP contribution in [0.1, 0.15) is 12.8 Å². The van der Waals surface area contributed by atoms with Crippen molar-refractivity contribution in [3.8, 4) is 5.75 Å². The number of nitrogens with zero attached hydrogens (tertiary/aromatic N) is 1. The van der Waals surface area contributed by atoms with Crippen LogP contribution in [-0.4, -0.2) is 40.3 Å². The second kappa shape index (κ2) is 10.2. The normalized spacial score (nSPS) is 11.0. The molecule has 0 bridgehead atoms. The molecule has 2 aromatic rings. The monoisotopic (exact) mass is 410 g/mol. The van der Waals surface area contributed by atoms with Crippen molar-refractivity contribution in [2.75, 3.05) is 30.3 Å². The number of anilines is 1. The Morgan fingerprint density at radius 3 is 2.56 bits per heavy atom. The molecule has 6 nitrogen and oxygen atoms in total. The molecule has 1 amide bonds. The minimum Gasteiger partial charge on any atom is -0.492 e. The van der Waals surface area contributed by atoms with Crippen molar-refractivity contribution in [1.29, 1.82) is 0 Å². The lowest BCUT2D eigenvalue weighted by Gasteiger charge is -2.22. The van der Waals surface area contributed by atoms with Gasteiger partial charge < -0.3 is 10.1 Å². The first kappa shape index (κ1) is 21.1. The Labute approximate surface area is 165 Å². The van der Waals surface area contributed by atoms with Crippen molar-refractivity contribution in [3.63, 3.8) is 0 Å². The van der Waals surface area contributed by atoms with Crippen LogP contribution < -0.4 is 14.4 Å². The topological polar surface area (TPSA) is 75.7 Å². The molecule has 2 rings (SSSR count). The van der Waals surface area contributed by atoms with Crippen LogP contribution in [0.15, 0.2) is 54.6 Å². The third-order valence-corrected chi connectivity index (χ3v) is 5.13. The van der Waals surface area contributed by atoms with Gasteiger partial charge in [-0.1, -0.05) is 35.9 Å². The number of halogens is 1. The number of hydrogen-bond acceptors (Lipinski definition) is 4. The van der Waals surface area contributed by atoms with Gasteiger partial charge in [-0.05, 0) is 36.8 Å². The third kappa shape index (κ3) is 7.48. The van der Waals surface area contributed by atoms with Crippen molar-refractivity contribution >= 4 is 33.2 Å². The van der Waals surface area contributed by atoms with Gasteiger partial charge in [0.05, 0.1) is 18.5 Å². The quantitative estimate of drug-likeness (QED) is 0.611. The maximum absolute atomic E-state index is 12.0. The molecule has 146 valence electrons. The zero-order chi connectivity index (χ0) is 19.7. The van der Waals surface area contributed by atoms with Crippen molar-refractivity contribution in [2.24, 2.45) is 0 Å². The fourth-order valence-corrected chi connectivity index (χ4v) is 3.61. The number of amides is 1. The summed E-state index contributed by atoms with van der Waals surface area (Å²) < 4.78 is 30.8. The number of carbonyl (C=O) groups excluding carboxylic acids is 1. The summed E-state index contributed by atoms with van der Waals surface area (Å²) >= 11 is 5.94. The second-order valence-electron chi connectivity index (χ2n) is 5.93. The number of ether oxygens (including phenoxy) is 1. The van der Waals surface area contributed by atoms with E-state index in [0.29, 0.717) is 30.3 Å². The zero-order valence-corrected chi connectivity index (χ0v) is 16.7. The van der Waals surface area contributed by atoms with Crippen molar-refractivity contribution in [3.05, 3.63) is 59.6 Å². The molecule has 0 spiro atoms. The summed E-state index contributed by atoms with van der Waals surface area (Å²) in [7, 11) is -3.46. The Hall–Kier alpha value is -2.25. The molecule has 0 unspecified atom stereocenters. The highest BCUT2D eigenvalue weighted by Crippen LogP contribution is 2.22. The summed E-state index contributed by atoms with van der Waals surface area (Å²) in [5.74, 6) is 0.600. The first-order valence-electron chi connectivity index (χ1n) is 8.54. The SMILES string of the molecule is CS(=O)(=O)N(CCCC(=O)NCCOc1ccccc1)c1cccc(Cl)c1. The van der Waals surface area contributed by atoms with Crippen LogP contribution in [0.25, 0.3) is 0 Å². The Balaban J connectivity index is 1.75. The van der Waals surface area contributed by atoms with Crippen LogP contribution in [0.4, 0.5) is 5.69 Å². The van der Waals surface area contributed by atoms with Gasteiger partial charge in [-0.25, -0.2) is 8.42 Å². The molecular formula is C19H23ClN2O4S. The van der Waals surface area contributed by atoms with E-state index in [0.717, 1.165) is 12.0 Å². The molecule has 0 aliphatic rings. The van der Waals surface area contributed by atoms with Crippen molar-refractivity contribution in [2.45, 2.75) is 12.8 Å². The molecule has 0 atom stereocenters. The smallest absolute Gasteiger partial charge is 0.232 e. The van der Waals surface area contributed by atoms with Crippen molar-refractivity contribution < 1.29 is 17.9 Å². The van der Waals surface area contributed by atoms with Crippen LogP contribution in [0.2, 0.25) is 5.02 Å². The molecular weight excluding hydrogens is 388 g/mol. The number of carbonyl (C=O) groups is 1. The number of para-hydroxylation sites is 1. The fourth-order valence-electron chi connectivity index (χ4n) is 2.47. The molecule has 0 heterocycles. The van der Waals surface area contributed by atoms with Gasteiger partial charge in [0.1, 0.15) is 12.4 Å². The minimum atomic E-state index is -3.46. The van der Waals surface area contributed by atoms with E-state index in [1.807, 2.05) is 30.3 Å². The van der Waals surface area contributed by atoms with Gasteiger partial charge >= 0.3 is 0 Å². The zero-order valence-electron chi connectivity index (χ0n) is 15.1. The first-order valence-corrected chi connectivity index (χ1v) is 10.8. The largest absolute Gasteiger partial charge is 0.492 e. The number of hydrogen-bond donors (Lipinski definition) is 1. The van der Waals surface area contributed by atoms with Crippen LogP contribution in [0, 0.1) is 0 Å². The molecule has 27 heavy (non-hydrogen) atoms. The fraction of sp³-hybridized carbons (Fsp3) is 0.316. The summed E-state index contributed by atoms with van der Waals surface area (Å²) in [6.45, 7) is 0.957. The summed E-state index contributed by atoms with van der Waals surface area (Å²) in [6, 6.07) is 16.0. The molecule has 0 aromatic heterocycles. The molecule has 0 radical (unpaired) electrons. The van der Waals surface area contributed by atoms with Gasteiger partial charge in [-0.3, -0.25) is 9.10 Å². The summed E-state index contributed by atoms with van der Waals surface area (Å²) in [4.78, 5) is 11.9. The van der Waals surface area contributed by atoms with Crippen LogP contribution in [0.3, 0.4) is 0 Å². The third-order valence-electron chi connectivity index (χ3n) is 3.70. The highest BCUT2D eigenvalue weighted by molar-refractivity contribution is 7.92. The maximum Gasteiger partial charge on any atom is 0.232 e. The van der Waals surface area contributed by atoms with E-state index < -0.39 is 10.0 Å². The lowest BCUT2D eigenvalue weighted by Crippen LogP contribution is -2.32. The molecule has 0 saturated carbocycles. The van der Waals surface area contributed by atoms with Crippen LogP contribution >= 0.6 is 11.6 Å². The molecule has 1 N–H and O–H groups in total. The van der Waals surface area contributed by atoms with Gasteiger partial charge in [0.15, 0.2) is 0 Å². The van der Waals surface area contributed by atoms with Crippen molar-refractivity contribution in [1.82, 2.24) is 5.32 Å². The average molecular weight is 411 g/mol. The lowest BCUT2D eigenvalue weighted by molar-refractivity contribution is -0.121. The van der Waals surface area contributed by atoms with E-state index in [-0.39, 0.29) is 18.9 Å². The average Bonchev–Trinajstić information content (AvgIpc) is 2.62. The number of sulfonamides is 1. The first-order chi connectivity index (χ1) is 12.9. The van der Waals surface area contributed by atoms with Gasteiger partial charge in [0, 0.05) is 18.0 Å². The molecule has 0 aliphatic heterocycles.